The lowest BCUT2D eigenvalue weighted by molar-refractivity contribution is 0.188. The van der Waals surface area contributed by atoms with E-state index >= 15 is 0 Å². The average molecular weight is 282 g/mol. The molecule has 0 radical (unpaired) electrons. The number of halogens is 1. The molecule has 1 unspecified atom stereocenters. The number of carbonyl (C=O) groups excluding carboxylic acids is 1. The highest BCUT2D eigenvalue weighted by Gasteiger charge is 2.23. The zero-order chi connectivity index (χ0) is 13.7. The van der Waals surface area contributed by atoms with E-state index in [9.17, 15) is 9.18 Å². The van der Waals surface area contributed by atoms with Gasteiger partial charge in [0.25, 0.3) is 0 Å². The topological polar surface area (TPSA) is 32.3 Å². The molecule has 0 saturated carbocycles. The van der Waals surface area contributed by atoms with Crippen molar-refractivity contribution in [1.82, 2.24) is 10.2 Å². The van der Waals surface area contributed by atoms with Gasteiger partial charge in [0.05, 0.1) is 0 Å². The van der Waals surface area contributed by atoms with Crippen LogP contribution in [0.25, 0.3) is 0 Å². The molecule has 1 aliphatic heterocycles. The minimum atomic E-state index is -0.211. The average Bonchev–Trinajstić information content (AvgIpc) is 2.42. The fourth-order valence-corrected chi connectivity index (χ4v) is 3.40. The van der Waals surface area contributed by atoms with E-state index in [1.807, 2.05) is 11.8 Å². The number of hydrogen-bond donors (Lipinski definition) is 1. The Morgan fingerprint density at radius 3 is 2.89 bits per heavy atom. The van der Waals surface area contributed by atoms with Crippen molar-refractivity contribution in [3.63, 3.8) is 0 Å². The van der Waals surface area contributed by atoms with E-state index in [1.165, 1.54) is 12.1 Å². The lowest BCUT2D eigenvalue weighted by atomic mass is 10.1. The van der Waals surface area contributed by atoms with Crippen molar-refractivity contribution in [2.45, 2.75) is 29.9 Å². The third-order valence-electron chi connectivity index (χ3n) is 3.11. The predicted octanol–water partition coefficient (Wildman–Crippen LogP) is 3.11. The number of nitrogens with zero attached hydrogens (tertiary/aromatic N) is 1. The summed E-state index contributed by atoms with van der Waals surface area (Å²) in [5.74, 6) is -0.211. The van der Waals surface area contributed by atoms with Crippen LogP contribution in [0.2, 0.25) is 0 Å². The van der Waals surface area contributed by atoms with Crippen LogP contribution in [0.15, 0.2) is 29.2 Å². The van der Waals surface area contributed by atoms with Gasteiger partial charge in [-0.25, -0.2) is 9.18 Å². The highest BCUT2D eigenvalue weighted by atomic mass is 32.2. The van der Waals surface area contributed by atoms with Crippen LogP contribution in [-0.4, -0.2) is 35.8 Å². The van der Waals surface area contributed by atoms with Crippen LogP contribution >= 0.6 is 11.8 Å². The molecule has 3 nitrogen and oxygen atoms in total. The van der Waals surface area contributed by atoms with Crippen LogP contribution in [0.3, 0.4) is 0 Å². The van der Waals surface area contributed by atoms with Crippen LogP contribution in [0, 0.1) is 5.82 Å². The molecule has 1 atom stereocenters. The van der Waals surface area contributed by atoms with E-state index in [4.69, 9.17) is 0 Å². The molecule has 0 aliphatic carbocycles. The standard InChI is InChI=1S/C14H19FN2OS/c1-2-16-14(18)17-9-3-4-13(10-17)19-12-7-5-11(15)6-8-12/h5-8,13H,2-4,9-10H2,1H3,(H,16,18). The maximum atomic E-state index is 12.8. The molecule has 2 amide bonds. The largest absolute Gasteiger partial charge is 0.338 e. The molecule has 0 spiro atoms. The third-order valence-corrected chi connectivity index (χ3v) is 4.37. The van der Waals surface area contributed by atoms with E-state index in [0.29, 0.717) is 11.8 Å². The summed E-state index contributed by atoms with van der Waals surface area (Å²) in [6.45, 7) is 4.16. The second-order valence-electron chi connectivity index (χ2n) is 4.62. The molecular weight excluding hydrogens is 263 g/mol. The molecule has 1 fully saturated rings. The van der Waals surface area contributed by atoms with Crippen molar-refractivity contribution in [2.24, 2.45) is 0 Å². The zero-order valence-corrected chi connectivity index (χ0v) is 11.9. The van der Waals surface area contributed by atoms with E-state index in [-0.39, 0.29) is 11.8 Å². The molecule has 1 aliphatic rings. The number of piperidine rings is 1. The van der Waals surface area contributed by atoms with Crippen LogP contribution in [0.5, 0.6) is 0 Å². The van der Waals surface area contributed by atoms with E-state index in [1.54, 1.807) is 23.9 Å². The minimum absolute atomic E-state index is 0.0203. The van der Waals surface area contributed by atoms with Gasteiger partial charge in [0.2, 0.25) is 0 Å². The first-order chi connectivity index (χ1) is 9.19. The van der Waals surface area contributed by atoms with Gasteiger partial charge in [0.15, 0.2) is 0 Å². The zero-order valence-electron chi connectivity index (χ0n) is 11.1. The highest BCUT2D eigenvalue weighted by molar-refractivity contribution is 8.00. The summed E-state index contributed by atoms with van der Waals surface area (Å²) in [7, 11) is 0. The fourth-order valence-electron chi connectivity index (χ4n) is 2.19. The van der Waals surface area contributed by atoms with Gasteiger partial charge in [0, 0.05) is 29.8 Å². The molecule has 1 saturated heterocycles. The van der Waals surface area contributed by atoms with Crippen LogP contribution in [0.4, 0.5) is 9.18 Å². The van der Waals surface area contributed by atoms with Crippen LogP contribution < -0.4 is 5.32 Å². The third kappa shape index (κ3) is 4.13. The molecule has 1 aromatic rings. The normalized spacial score (nSPS) is 19.3. The molecule has 1 N–H and O–H groups in total. The second-order valence-corrected chi connectivity index (χ2v) is 5.99. The molecule has 1 aromatic carbocycles. The number of hydrogen-bond acceptors (Lipinski definition) is 2. The van der Waals surface area contributed by atoms with Crippen molar-refractivity contribution >= 4 is 17.8 Å². The van der Waals surface area contributed by atoms with Crippen molar-refractivity contribution < 1.29 is 9.18 Å². The molecule has 19 heavy (non-hydrogen) atoms. The van der Waals surface area contributed by atoms with Gasteiger partial charge < -0.3 is 10.2 Å². The van der Waals surface area contributed by atoms with Gasteiger partial charge in [0.1, 0.15) is 5.82 Å². The van der Waals surface area contributed by atoms with E-state index < -0.39 is 0 Å². The summed E-state index contributed by atoms with van der Waals surface area (Å²) in [5, 5.41) is 3.23. The highest BCUT2D eigenvalue weighted by Crippen LogP contribution is 2.29. The summed E-state index contributed by atoms with van der Waals surface area (Å²) in [5.41, 5.74) is 0. The number of urea groups is 1. The molecule has 5 heteroatoms. The molecular formula is C14H19FN2OS. The number of nitrogens with one attached hydrogen (secondary N) is 1. The summed E-state index contributed by atoms with van der Waals surface area (Å²) < 4.78 is 12.8. The SMILES string of the molecule is CCNC(=O)N1CCCC(Sc2ccc(F)cc2)C1. The number of amides is 2. The van der Waals surface area contributed by atoms with Gasteiger partial charge in [-0.05, 0) is 44.0 Å². The summed E-state index contributed by atoms with van der Waals surface area (Å²) in [6.07, 6.45) is 2.12. The van der Waals surface area contributed by atoms with Gasteiger partial charge >= 0.3 is 6.03 Å². The van der Waals surface area contributed by atoms with Crippen molar-refractivity contribution in [3.05, 3.63) is 30.1 Å². The molecule has 0 bridgehead atoms. The van der Waals surface area contributed by atoms with Gasteiger partial charge in [-0.2, -0.15) is 0 Å². The maximum absolute atomic E-state index is 12.8. The predicted molar refractivity (Wildman–Crippen MR) is 75.9 cm³/mol. The number of benzene rings is 1. The Labute approximate surface area is 117 Å². The first-order valence-electron chi connectivity index (χ1n) is 6.64. The number of thioether (sulfide) groups is 1. The van der Waals surface area contributed by atoms with Gasteiger partial charge in [-0.1, -0.05) is 0 Å². The fraction of sp³-hybridized carbons (Fsp3) is 0.500. The summed E-state index contributed by atoms with van der Waals surface area (Å²) >= 11 is 1.72. The Balaban J connectivity index is 1.90. The second kappa shape index (κ2) is 6.80. The molecule has 1 heterocycles. The Morgan fingerprint density at radius 2 is 2.21 bits per heavy atom. The summed E-state index contributed by atoms with van der Waals surface area (Å²) in [4.78, 5) is 14.7. The Morgan fingerprint density at radius 1 is 1.47 bits per heavy atom. The molecule has 2 rings (SSSR count). The lowest BCUT2D eigenvalue weighted by Crippen LogP contribution is -2.46. The van der Waals surface area contributed by atoms with Crippen molar-refractivity contribution in [3.8, 4) is 0 Å². The van der Waals surface area contributed by atoms with E-state index in [2.05, 4.69) is 5.32 Å². The number of likely N-dealkylation sites (tertiary alicyclic amines) is 1. The van der Waals surface area contributed by atoms with E-state index in [0.717, 1.165) is 30.8 Å². The lowest BCUT2D eigenvalue weighted by Gasteiger charge is -2.32. The van der Waals surface area contributed by atoms with Gasteiger partial charge in [-0.3, -0.25) is 0 Å². The minimum Gasteiger partial charge on any atom is -0.338 e. The number of rotatable bonds is 3. The first-order valence-corrected chi connectivity index (χ1v) is 7.52. The van der Waals surface area contributed by atoms with Crippen LogP contribution in [-0.2, 0) is 0 Å². The first kappa shape index (κ1) is 14.2. The van der Waals surface area contributed by atoms with Crippen LogP contribution in [0.1, 0.15) is 19.8 Å². The van der Waals surface area contributed by atoms with Crippen molar-refractivity contribution in [1.29, 1.82) is 0 Å². The smallest absolute Gasteiger partial charge is 0.317 e. The maximum Gasteiger partial charge on any atom is 0.317 e. The van der Waals surface area contributed by atoms with Gasteiger partial charge in [-0.15, -0.1) is 11.8 Å². The Bertz CT molecular complexity index is 424. The monoisotopic (exact) mass is 282 g/mol. The Hall–Kier alpha value is -1.23. The quantitative estimate of drug-likeness (QED) is 0.924. The number of carbonyl (C=O) groups is 1. The Kier molecular flexibility index (Phi) is 5.07. The molecule has 104 valence electrons. The van der Waals surface area contributed by atoms with Crippen molar-refractivity contribution in [2.75, 3.05) is 19.6 Å². The molecule has 0 aromatic heterocycles. The summed E-state index contributed by atoms with van der Waals surface area (Å²) in [6, 6.07) is 6.57.